The highest BCUT2D eigenvalue weighted by Gasteiger charge is 2.34. The summed E-state index contributed by atoms with van der Waals surface area (Å²) in [6.45, 7) is 11.5. The number of aliphatic imine (C=N–C) groups is 1. The van der Waals surface area contributed by atoms with E-state index >= 15 is 0 Å². The minimum Gasteiger partial charge on any atom is -0.479 e. The molecule has 4 N–H and O–H groups in total. The number of amides is 3. The van der Waals surface area contributed by atoms with E-state index in [1.54, 1.807) is 31.1 Å². The quantitative estimate of drug-likeness (QED) is 0.0878. The lowest BCUT2D eigenvalue weighted by Crippen LogP contribution is -2.46. The molecule has 1 aromatic heterocycles. The molecule has 1 fully saturated rings. The van der Waals surface area contributed by atoms with Gasteiger partial charge in [0.1, 0.15) is 6.29 Å². The summed E-state index contributed by atoms with van der Waals surface area (Å²) in [6.07, 6.45) is 8.36. The summed E-state index contributed by atoms with van der Waals surface area (Å²) in [5.41, 5.74) is 8.03. The zero-order valence-corrected chi connectivity index (χ0v) is 37.2. The fourth-order valence-electron chi connectivity index (χ4n) is 9.10. The molecule has 3 amide bonds. The Morgan fingerprint density at radius 2 is 1.86 bits per heavy atom. The number of nitrogens with zero attached hydrogens (tertiary/aromatic N) is 6. The summed E-state index contributed by atoms with van der Waals surface area (Å²) in [4.78, 5) is 68.8. The van der Waals surface area contributed by atoms with Crippen molar-refractivity contribution in [3.8, 4) is 0 Å². The molecule has 63 heavy (non-hydrogen) atoms. The highest BCUT2D eigenvalue weighted by atomic mass is 16.5. The molecule has 0 radical (unpaired) electrons. The van der Waals surface area contributed by atoms with Gasteiger partial charge < -0.3 is 45.6 Å². The molecule has 15 nitrogen and oxygen atoms in total. The number of pyridine rings is 1. The normalized spacial score (nSPS) is 20.8. The van der Waals surface area contributed by atoms with Crippen molar-refractivity contribution in [3.05, 3.63) is 93.6 Å². The van der Waals surface area contributed by atoms with Crippen LogP contribution in [0.3, 0.4) is 0 Å². The van der Waals surface area contributed by atoms with Gasteiger partial charge in [0.2, 0.25) is 11.9 Å². The number of ether oxygens (including phenoxy) is 1. The number of benzene rings is 2. The molecule has 0 spiro atoms. The summed E-state index contributed by atoms with van der Waals surface area (Å²) in [5.74, 6) is 0.601. The van der Waals surface area contributed by atoms with Crippen LogP contribution in [0.25, 0.3) is 5.57 Å². The number of aryl methyl sites for hydroxylation is 2. The van der Waals surface area contributed by atoms with E-state index in [0.29, 0.717) is 66.0 Å². The predicted molar refractivity (Wildman–Crippen MR) is 246 cm³/mol. The number of nitrogens with one attached hydrogen (secondary N) is 4. The maximum absolute atomic E-state index is 13.8. The van der Waals surface area contributed by atoms with Gasteiger partial charge in [-0.15, -0.1) is 0 Å². The molecule has 0 saturated carbocycles. The first-order chi connectivity index (χ1) is 30.6. The summed E-state index contributed by atoms with van der Waals surface area (Å²) in [5, 5.41) is 17.2. The topological polar surface area (TPSA) is 176 Å². The van der Waals surface area contributed by atoms with Gasteiger partial charge in [0.25, 0.3) is 11.8 Å². The Kier molecular flexibility index (Phi) is 15.0. The first-order valence-electron chi connectivity index (χ1n) is 22.5. The zero-order chi connectivity index (χ0) is 44.5. The number of rotatable bonds is 15. The minimum absolute atomic E-state index is 0.128. The second kappa shape index (κ2) is 21.0. The van der Waals surface area contributed by atoms with Gasteiger partial charge in [-0.1, -0.05) is 31.5 Å². The summed E-state index contributed by atoms with van der Waals surface area (Å²) in [7, 11) is 3.33. The smallest absolute Gasteiger partial charge is 0.280 e. The third-order valence-corrected chi connectivity index (χ3v) is 12.6. The maximum Gasteiger partial charge on any atom is 0.280 e. The van der Waals surface area contributed by atoms with E-state index in [4.69, 9.17) is 10.1 Å². The molecule has 5 heterocycles. The van der Waals surface area contributed by atoms with E-state index in [9.17, 15) is 19.2 Å². The lowest BCUT2D eigenvalue weighted by molar-refractivity contribution is -0.121. The minimum atomic E-state index is -0.613. The average molecular weight is 859 g/mol. The Morgan fingerprint density at radius 3 is 2.62 bits per heavy atom. The standard InChI is InChI=1S/C48H62N10O5/c1-32-10-9-23-63-46(51-4)39(27-49)42-26-36(24-33(2)52-42)45(61)54-48-53-41-16-14-34(25-43(41)58(48)28-32)29-56-21-19-55(20-22-56)18-7-5-6-11-35-12-8-13-38-40(35)30-57(47(38)62)37(31-59)15-17-44(60)50-3/h8,12-14,16,24-27,31-32,37,49,51H,5-7,9-11,15,17-23,28-30H2,1-4H3,(H,50,60)(H,53,54,61)/b46-39-,49-27?. The Balaban J connectivity index is 0.915. The van der Waals surface area contributed by atoms with Crippen molar-refractivity contribution in [2.24, 2.45) is 10.9 Å². The van der Waals surface area contributed by atoms with Gasteiger partial charge in [-0.3, -0.25) is 24.3 Å². The van der Waals surface area contributed by atoms with Gasteiger partial charge >= 0.3 is 0 Å². The number of unbranched alkanes of at least 4 members (excludes halogenated alkanes) is 2. The number of fused-ring (bicyclic) bond motifs is 6. The average Bonchev–Trinajstić information content (AvgIpc) is 3.80. The van der Waals surface area contributed by atoms with Crippen LogP contribution in [-0.2, 0) is 33.8 Å². The van der Waals surface area contributed by atoms with Crippen LogP contribution in [0.1, 0.15) is 101 Å². The van der Waals surface area contributed by atoms with Gasteiger partial charge in [-0.05, 0) is 105 Å². The van der Waals surface area contributed by atoms with Crippen molar-refractivity contribution in [2.45, 2.75) is 84.3 Å². The van der Waals surface area contributed by atoms with E-state index in [1.165, 1.54) is 17.3 Å². The number of guanidine groups is 1. The lowest BCUT2D eigenvalue weighted by atomic mass is 9.98. The number of aromatic nitrogens is 1. The van der Waals surface area contributed by atoms with Gasteiger partial charge in [0.05, 0.1) is 35.3 Å². The Morgan fingerprint density at radius 1 is 1.05 bits per heavy atom. The van der Waals surface area contributed by atoms with Crippen molar-refractivity contribution in [1.29, 1.82) is 5.41 Å². The van der Waals surface area contributed by atoms with Crippen LogP contribution >= 0.6 is 0 Å². The molecular weight excluding hydrogens is 797 g/mol. The second-order valence-electron chi connectivity index (χ2n) is 17.2. The number of piperazine rings is 1. The molecule has 7 rings (SSSR count). The first-order valence-corrected chi connectivity index (χ1v) is 22.5. The predicted octanol–water partition coefficient (Wildman–Crippen LogP) is 5.38. The molecule has 2 unspecified atom stereocenters. The van der Waals surface area contributed by atoms with E-state index in [1.807, 2.05) is 19.1 Å². The molecular formula is C48H62N10O5. The Labute approximate surface area is 370 Å². The Bertz CT molecular complexity index is 2250. The van der Waals surface area contributed by atoms with Crippen LogP contribution in [0.4, 0.5) is 11.4 Å². The van der Waals surface area contributed by atoms with Gasteiger partial charge in [-0.25, -0.2) is 0 Å². The first kappa shape index (κ1) is 45.1. The molecule has 0 aliphatic carbocycles. The van der Waals surface area contributed by atoms with E-state index in [0.717, 1.165) is 101 Å². The van der Waals surface area contributed by atoms with Crippen molar-refractivity contribution in [3.63, 3.8) is 0 Å². The molecule has 334 valence electrons. The van der Waals surface area contributed by atoms with Crippen LogP contribution in [0.5, 0.6) is 0 Å². The summed E-state index contributed by atoms with van der Waals surface area (Å²) < 4.78 is 6.11. The summed E-state index contributed by atoms with van der Waals surface area (Å²) >= 11 is 0. The van der Waals surface area contributed by atoms with Crippen LogP contribution in [0.15, 0.2) is 59.4 Å². The number of anilines is 2. The van der Waals surface area contributed by atoms with E-state index in [-0.39, 0.29) is 30.1 Å². The zero-order valence-electron chi connectivity index (χ0n) is 37.2. The van der Waals surface area contributed by atoms with E-state index in [2.05, 4.69) is 71.8 Å². The molecule has 2 atom stereocenters. The number of carbonyl (C=O) groups excluding carboxylic acids is 4. The summed E-state index contributed by atoms with van der Waals surface area (Å²) in [6, 6.07) is 15.2. The largest absolute Gasteiger partial charge is 0.479 e. The number of hydrogen-bond acceptors (Lipinski definition) is 12. The lowest BCUT2D eigenvalue weighted by Gasteiger charge is -2.35. The number of carbonyl (C=O) groups is 4. The highest BCUT2D eigenvalue weighted by molar-refractivity contribution is 6.19. The second-order valence-corrected chi connectivity index (χ2v) is 17.2. The van der Waals surface area contributed by atoms with Crippen molar-refractivity contribution >= 4 is 53.1 Å². The van der Waals surface area contributed by atoms with Gasteiger partial charge in [0.15, 0.2) is 5.88 Å². The van der Waals surface area contributed by atoms with Crippen LogP contribution in [0.2, 0.25) is 0 Å². The van der Waals surface area contributed by atoms with Crippen LogP contribution in [-0.4, -0.2) is 122 Å². The molecule has 2 aromatic carbocycles. The fraction of sp³-hybridized carbons (Fsp3) is 0.479. The maximum atomic E-state index is 13.8. The molecule has 4 aliphatic heterocycles. The molecule has 2 bridgehead atoms. The number of allylic oxidation sites excluding steroid dienone is 1. The van der Waals surface area contributed by atoms with Gasteiger partial charge in [0, 0.05) is 89.4 Å². The molecule has 15 heteroatoms. The Hall–Kier alpha value is -5.93. The van der Waals surface area contributed by atoms with Crippen molar-refractivity contribution in [1.82, 2.24) is 30.3 Å². The van der Waals surface area contributed by atoms with Crippen LogP contribution in [0, 0.1) is 18.3 Å². The monoisotopic (exact) mass is 858 g/mol. The van der Waals surface area contributed by atoms with Crippen molar-refractivity contribution < 1.29 is 23.9 Å². The molecule has 3 aromatic rings. The third-order valence-electron chi connectivity index (χ3n) is 12.6. The molecule has 4 aliphatic rings. The third kappa shape index (κ3) is 10.8. The number of hydrogen-bond donors (Lipinski definition) is 4. The van der Waals surface area contributed by atoms with Crippen LogP contribution < -0.4 is 20.9 Å². The van der Waals surface area contributed by atoms with Gasteiger partial charge in [-0.2, -0.15) is 4.99 Å². The van der Waals surface area contributed by atoms with Crippen molar-refractivity contribution in [2.75, 3.05) is 70.2 Å². The fourth-order valence-corrected chi connectivity index (χ4v) is 9.10. The highest BCUT2D eigenvalue weighted by Crippen LogP contribution is 2.36. The molecule has 1 saturated heterocycles. The van der Waals surface area contributed by atoms with E-state index < -0.39 is 6.04 Å². The SMILES string of the molecule is CNC(=O)CCC(C=O)N1Cc2c(CCCCCN3CCN(Cc4ccc5c(c4)N4CC(C)CCCO/C(NC)=C(/C=N)c6cc(cc(C)n6)C(=O)/N=C/4N5)CC3)cccc2C1=O. The number of aldehydes is 1.